The number of carbonyl (C=O) groups is 1. The van der Waals surface area contributed by atoms with E-state index in [1.54, 1.807) is 24.5 Å². The molecule has 0 bridgehead atoms. The summed E-state index contributed by atoms with van der Waals surface area (Å²) >= 11 is 0. The summed E-state index contributed by atoms with van der Waals surface area (Å²) in [4.78, 5) is 20.5. The number of morpholine rings is 1. The topological polar surface area (TPSA) is 93.6 Å². The molecule has 8 nitrogen and oxygen atoms in total. The summed E-state index contributed by atoms with van der Waals surface area (Å²) in [5.74, 6) is 0.351. The van der Waals surface area contributed by atoms with Crippen LogP contribution in [0.5, 0.6) is 0 Å². The number of furan rings is 1. The average Bonchev–Trinajstić information content (AvgIpc) is 3.50. The van der Waals surface area contributed by atoms with Crippen molar-refractivity contribution < 1.29 is 18.5 Å². The summed E-state index contributed by atoms with van der Waals surface area (Å²) in [5, 5.41) is 7.89. The zero-order valence-electron chi connectivity index (χ0n) is 18.7. The molecule has 5 rings (SSSR count). The minimum atomic E-state index is -0.208. The van der Waals surface area contributed by atoms with Crippen molar-refractivity contribution in [3.05, 3.63) is 71.1 Å². The van der Waals surface area contributed by atoms with E-state index in [-0.39, 0.29) is 11.9 Å². The lowest BCUT2D eigenvalue weighted by molar-refractivity contribution is 0.0332. The maximum absolute atomic E-state index is 13.6. The predicted octanol–water partition coefficient (Wildman–Crippen LogP) is 3.90. The number of ether oxygens (including phenoxy) is 1. The second-order valence-electron chi connectivity index (χ2n) is 8.33. The van der Waals surface area contributed by atoms with Gasteiger partial charge in [-0.1, -0.05) is 35.0 Å². The van der Waals surface area contributed by atoms with Crippen LogP contribution in [-0.4, -0.2) is 53.8 Å². The van der Waals surface area contributed by atoms with Gasteiger partial charge >= 0.3 is 0 Å². The highest BCUT2D eigenvalue weighted by molar-refractivity contribution is 6.07. The molecule has 8 heteroatoms. The van der Waals surface area contributed by atoms with Crippen LogP contribution < -0.4 is 5.32 Å². The van der Waals surface area contributed by atoms with Gasteiger partial charge in [-0.15, -0.1) is 0 Å². The molecule has 4 heterocycles. The van der Waals surface area contributed by atoms with Gasteiger partial charge in [0.15, 0.2) is 5.76 Å². The number of aryl methyl sites for hydroxylation is 2. The molecular weight excluding hydrogens is 420 g/mol. The Morgan fingerprint density at radius 3 is 2.67 bits per heavy atom. The molecule has 0 unspecified atom stereocenters. The molecule has 1 amide bonds. The number of rotatable bonds is 6. The minimum absolute atomic E-state index is 0.188. The van der Waals surface area contributed by atoms with E-state index in [1.165, 1.54) is 5.56 Å². The lowest BCUT2D eigenvalue weighted by Crippen LogP contribution is -2.43. The lowest BCUT2D eigenvalue weighted by Gasteiger charge is -2.31. The van der Waals surface area contributed by atoms with Crippen molar-refractivity contribution in [2.75, 3.05) is 32.8 Å². The maximum Gasteiger partial charge on any atom is 0.259 e. The molecule has 0 aliphatic carbocycles. The van der Waals surface area contributed by atoms with Crippen LogP contribution in [0.2, 0.25) is 0 Å². The monoisotopic (exact) mass is 446 g/mol. The smallest absolute Gasteiger partial charge is 0.259 e. The first kappa shape index (κ1) is 21.4. The van der Waals surface area contributed by atoms with Gasteiger partial charge in [0.05, 0.1) is 42.2 Å². The van der Waals surface area contributed by atoms with Crippen molar-refractivity contribution in [2.24, 2.45) is 0 Å². The third-order valence-corrected chi connectivity index (χ3v) is 5.96. The molecule has 1 aliphatic heterocycles. The van der Waals surface area contributed by atoms with Crippen molar-refractivity contribution in [1.82, 2.24) is 20.4 Å². The van der Waals surface area contributed by atoms with Gasteiger partial charge in [0, 0.05) is 19.6 Å². The fraction of sp³-hybridized carbons (Fsp3) is 0.320. The van der Waals surface area contributed by atoms with E-state index in [9.17, 15) is 4.79 Å². The molecule has 3 aromatic heterocycles. The predicted molar refractivity (Wildman–Crippen MR) is 123 cm³/mol. The third-order valence-electron chi connectivity index (χ3n) is 5.96. The fourth-order valence-corrected chi connectivity index (χ4v) is 4.14. The second-order valence-corrected chi connectivity index (χ2v) is 8.33. The van der Waals surface area contributed by atoms with Gasteiger partial charge in [-0.2, -0.15) is 0 Å². The summed E-state index contributed by atoms with van der Waals surface area (Å²) in [6.45, 7) is 7.63. The van der Waals surface area contributed by atoms with Crippen LogP contribution in [0.15, 0.2) is 57.7 Å². The molecule has 0 spiro atoms. The number of amides is 1. The van der Waals surface area contributed by atoms with E-state index in [0.29, 0.717) is 53.6 Å². The number of benzene rings is 1. The normalized spacial score (nSPS) is 15.6. The van der Waals surface area contributed by atoms with Gasteiger partial charge in [0.25, 0.3) is 11.6 Å². The summed E-state index contributed by atoms with van der Waals surface area (Å²) in [6.07, 6.45) is 1.57. The molecule has 1 atom stereocenters. The molecule has 1 saturated heterocycles. The van der Waals surface area contributed by atoms with E-state index in [2.05, 4.69) is 51.5 Å². The number of hydrogen-bond acceptors (Lipinski definition) is 7. The number of fused-ring (bicyclic) bond motifs is 1. The summed E-state index contributed by atoms with van der Waals surface area (Å²) in [6, 6.07) is 13.4. The molecule has 1 aliphatic rings. The van der Waals surface area contributed by atoms with Gasteiger partial charge in [-0.05, 0) is 37.6 Å². The Hall–Kier alpha value is -3.49. The van der Waals surface area contributed by atoms with E-state index in [0.717, 1.165) is 18.7 Å². The zero-order chi connectivity index (χ0) is 22.8. The van der Waals surface area contributed by atoms with Gasteiger partial charge < -0.3 is 19.0 Å². The highest BCUT2D eigenvalue weighted by Crippen LogP contribution is 2.28. The minimum Gasteiger partial charge on any atom is -0.463 e. The molecule has 4 aromatic rings. The fourth-order valence-electron chi connectivity index (χ4n) is 4.14. The Kier molecular flexibility index (Phi) is 5.93. The zero-order valence-corrected chi connectivity index (χ0v) is 18.7. The molecule has 33 heavy (non-hydrogen) atoms. The van der Waals surface area contributed by atoms with Crippen LogP contribution in [0, 0.1) is 13.8 Å². The number of nitrogens with one attached hydrogen (secondary N) is 1. The van der Waals surface area contributed by atoms with Crippen LogP contribution in [0.1, 0.15) is 33.2 Å². The molecule has 1 N–H and O–H groups in total. The number of aromatic nitrogens is 2. The quantitative estimate of drug-likeness (QED) is 0.480. The summed E-state index contributed by atoms with van der Waals surface area (Å²) in [7, 11) is 0. The van der Waals surface area contributed by atoms with E-state index in [1.807, 2.05) is 6.92 Å². The van der Waals surface area contributed by atoms with Crippen LogP contribution in [0.3, 0.4) is 0 Å². The molecule has 0 saturated carbocycles. The van der Waals surface area contributed by atoms with Crippen molar-refractivity contribution in [3.63, 3.8) is 0 Å². The highest BCUT2D eigenvalue weighted by atomic mass is 16.5. The SMILES string of the molecule is Cc1ccc([C@@H](CN2CCOCC2)NC(=O)c2cc(-c3ccco3)nc3onc(C)c23)cc1. The first-order chi connectivity index (χ1) is 16.1. The largest absolute Gasteiger partial charge is 0.463 e. The van der Waals surface area contributed by atoms with Crippen molar-refractivity contribution in [2.45, 2.75) is 19.9 Å². The van der Waals surface area contributed by atoms with Gasteiger partial charge in [0.2, 0.25) is 0 Å². The first-order valence-electron chi connectivity index (χ1n) is 11.1. The van der Waals surface area contributed by atoms with Crippen molar-refractivity contribution in [3.8, 4) is 11.5 Å². The van der Waals surface area contributed by atoms with E-state index >= 15 is 0 Å². The standard InChI is InChI=1S/C25H26N4O4/c1-16-5-7-18(8-6-16)21(15-29-9-12-31-13-10-29)26-24(30)19-14-20(22-4-3-11-32-22)27-25-23(19)17(2)28-33-25/h3-8,11,14,21H,9-10,12-13,15H2,1-2H3,(H,26,30)/t21-/m1/s1. The van der Waals surface area contributed by atoms with Crippen LogP contribution >= 0.6 is 0 Å². The average molecular weight is 447 g/mol. The van der Waals surface area contributed by atoms with Crippen molar-refractivity contribution in [1.29, 1.82) is 0 Å². The Labute approximate surface area is 191 Å². The number of pyridine rings is 1. The molecule has 0 radical (unpaired) electrons. The van der Waals surface area contributed by atoms with Crippen LogP contribution in [-0.2, 0) is 4.74 Å². The molecule has 1 aromatic carbocycles. The number of nitrogens with zero attached hydrogens (tertiary/aromatic N) is 3. The summed E-state index contributed by atoms with van der Waals surface area (Å²) in [5.41, 5.74) is 4.15. The Bertz CT molecular complexity index is 1240. The maximum atomic E-state index is 13.6. The molecule has 170 valence electrons. The van der Waals surface area contributed by atoms with Crippen LogP contribution in [0.25, 0.3) is 22.6 Å². The van der Waals surface area contributed by atoms with Gasteiger partial charge in [0.1, 0.15) is 5.69 Å². The van der Waals surface area contributed by atoms with E-state index < -0.39 is 0 Å². The Balaban J connectivity index is 1.49. The van der Waals surface area contributed by atoms with Gasteiger partial charge in [-0.25, -0.2) is 4.98 Å². The lowest BCUT2D eigenvalue weighted by atomic mass is 10.0. The molecular formula is C25H26N4O4. The van der Waals surface area contributed by atoms with Crippen LogP contribution in [0.4, 0.5) is 0 Å². The second kappa shape index (κ2) is 9.17. The van der Waals surface area contributed by atoms with Crippen molar-refractivity contribution >= 4 is 17.0 Å². The Morgan fingerprint density at radius 2 is 1.94 bits per heavy atom. The Morgan fingerprint density at radius 1 is 1.15 bits per heavy atom. The number of hydrogen-bond donors (Lipinski definition) is 1. The molecule has 1 fully saturated rings. The third kappa shape index (κ3) is 4.53. The first-order valence-corrected chi connectivity index (χ1v) is 11.1. The van der Waals surface area contributed by atoms with Gasteiger partial charge in [-0.3, -0.25) is 9.69 Å². The number of carbonyl (C=O) groups excluding carboxylic acids is 1. The summed E-state index contributed by atoms with van der Waals surface area (Å²) < 4.78 is 16.4. The highest BCUT2D eigenvalue weighted by Gasteiger charge is 2.25. The van der Waals surface area contributed by atoms with E-state index in [4.69, 9.17) is 13.7 Å².